The minimum atomic E-state index is -4.34. The van der Waals surface area contributed by atoms with E-state index in [4.69, 9.17) is 5.84 Å². The van der Waals surface area contributed by atoms with Gasteiger partial charge in [0.25, 0.3) is 0 Å². The molecule has 1 unspecified atom stereocenters. The lowest BCUT2D eigenvalue weighted by molar-refractivity contribution is -0.216. The van der Waals surface area contributed by atoms with Gasteiger partial charge < -0.3 is 4.74 Å². The minimum Gasteiger partial charge on any atom is -0.371 e. The molecule has 11 heavy (non-hydrogen) atoms. The van der Waals surface area contributed by atoms with Gasteiger partial charge >= 0.3 is 6.18 Å². The third kappa shape index (κ3) is 4.18. The predicted molar refractivity (Wildman–Crippen MR) is 33.7 cm³/mol. The van der Waals surface area contributed by atoms with E-state index in [1.165, 1.54) is 7.05 Å². The summed E-state index contributed by atoms with van der Waals surface area (Å²) in [5, 5.41) is 0.932. The van der Waals surface area contributed by atoms with Crippen LogP contribution in [0.4, 0.5) is 13.2 Å². The Balaban J connectivity index is 3.96. The van der Waals surface area contributed by atoms with Gasteiger partial charge in [0.2, 0.25) is 0 Å². The maximum Gasteiger partial charge on any atom is 0.415 e. The molecule has 2 N–H and O–H groups in total. The van der Waals surface area contributed by atoms with Crippen molar-refractivity contribution in [1.29, 1.82) is 0 Å². The van der Waals surface area contributed by atoms with Crippen LogP contribution in [0, 0.1) is 0 Å². The van der Waals surface area contributed by atoms with E-state index in [1.54, 1.807) is 0 Å². The third-order valence-corrected chi connectivity index (χ3v) is 1.10. The molecule has 0 aliphatic rings. The van der Waals surface area contributed by atoms with Crippen LogP contribution in [0.15, 0.2) is 0 Å². The van der Waals surface area contributed by atoms with Crippen molar-refractivity contribution in [3.8, 4) is 0 Å². The molecular formula is C5H11F3N2O. The minimum absolute atomic E-state index is 0.361. The summed E-state index contributed by atoms with van der Waals surface area (Å²) in [6.07, 6.45) is -6.15. The quantitative estimate of drug-likeness (QED) is 0.493. The molecule has 0 heterocycles. The van der Waals surface area contributed by atoms with E-state index in [0.29, 0.717) is 0 Å². The van der Waals surface area contributed by atoms with E-state index < -0.39 is 12.3 Å². The lowest BCUT2D eigenvalue weighted by atomic mass is 10.3. The second-order valence-corrected chi connectivity index (χ2v) is 2.21. The Labute approximate surface area is 62.9 Å². The van der Waals surface area contributed by atoms with Crippen LogP contribution in [0.3, 0.4) is 0 Å². The van der Waals surface area contributed by atoms with E-state index in [2.05, 4.69) is 4.74 Å². The lowest BCUT2D eigenvalue weighted by Gasteiger charge is -2.21. The highest BCUT2D eigenvalue weighted by atomic mass is 19.4. The second kappa shape index (κ2) is 3.89. The Hall–Kier alpha value is -0.330. The van der Waals surface area contributed by atoms with Crippen LogP contribution in [0.1, 0.15) is 0 Å². The van der Waals surface area contributed by atoms with E-state index in [1.807, 2.05) is 0 Å². The molecule has 0 saturated carbocycles. The van der Waals surface area contributed by atoms with E-state index in [-0.39, 0.29) is 6.54 Å². The van der Waals surface area contributed by atoms with E-state index >= 15 is 0 Å². The SMILES string of the molecule is COC(CN(C)N)C(F)(F)F. The van der Waals surface area contributed by atoms with Crippen molar-refractivity contribution in [2.75, 3.05) is 20.7 Å². The molecule has 1 atom stereocenters. The van der Waals surface area contributed by atoms with Crippen LogP contribution in [0.2, 0.25) is 0 Å². The Kier molecular flexibility index (Phi) is 3.77. The van der Waals surface area contributed by atoms with Crippen LogP contribution < -0.4 is 5.84 Å². The summed E-state index contributed by atoms with van der Waals surface area (Å²) < 4.78 is 39.8. The van der Waals surface area contributed by atoms with Gasteiger partial charge in [-0.05, 0) is 0 Å². The maximum atomic E-state index is 11.9. The third-order valence-electron chi connectivity index (χ3n) is 1.10. The predicted octanol–water partition coefficient (Wildman–Crippen LogP) is 0.369. The molecule has 0 amide bonds. The molecule has 0 aliphatic heterocycles. The number of nitrogens with zero attached hydrogens (tertiary/aromatic N) is 1. The van der Waals surface area contributed by atoms with Crippen LogP contribution in [-0.4, -0.2) is 38.0 Å². The zero-order chi connectivity index (χ0) is 9.07. The maximum absolute atomic E-state index is 11.9. The molecule has 0 saturated heterocycles. The molecule has 0 aromatic heterocycles. The number of hydrazine groups is 1. The van der Waals surface area contributed by atoms with Gasteiger partial charge in [-0.1, -0.05) is 0 Å². The van der Waals surface area contributed by atoms with Crippen molar-refractivity contribution in [1.82, 2.24) is 5.01 Å². The molecular weight excluding hydrogens is 161 g/mol. The number of hydrogen-bond donors (Lipinski definition) is 1. The number of nitrogens with two attached hydrogens (primary N) is 1. The summed E-state index contributed by atoms with van der Waals surface area (Å²) in [5.41, 5.74) is 0. The molecule has 0 bridgehead atoms. The highest BCUT2D eigenvalue weighted by Crippen LogP contribution is 2.22. The van der Waals surface area contributed by atoms with E-state index in [9.17, 15) is 13.2 Å². The Morgan fingerprint density at radius 2 is 2.00 bits per heavy atom. The first kappa shape index (κ1) is 10.7. The van der Waals surface area contributed by atoms with Crippen molar-refractivity contribution in [3.63, 3.8) is 0 Å². The van der Waals surface area contributed by atoms with Gasteiger partial charge in [-0.3, -0.25) is 5.84 Å². The fourth-order valence-corrected chi connectivity index (χ4v) is 0.573. The number of ether oxygens (including phenoxy) is 1. The summed E-state index contributed by atoms with van der Waals surface area (Å²) in [7, 11) is 2.35. The first-order valence-electron chi connectivity index (χ1n) is 2.93. The van der Waals surface area contributed by atoms with Crippen molar-refractivity contribution in [3.05, 3.63) is 0 Å². The molecule has 6 heteroatoms. The lowest BCUT2D eigenvalue weighted by Crippen LogP contribution is -2.43. The van der Waals surface area contributed by atoms with Gasteiger partial charge in [-0.15, -0.1) is 0 Å². The van der Waals surface area contributed by atoms with Crippen molar-refractivity contribution in [2.24, 2.45) is 5.84 Å². The molecule has 0 aromatic rings. The fourth-order valence-electron chi connectivity index (χ4n) is 0.573. The van der Waals surface area contributed by atoms with Gasteiger partial charge in [0, 0.05) is 20.7 Å². The molecule has 0 fully saturated rings. The number of likely N-dealkylation sites (N-methyl/N-ethyl adjacent to an activating group) is 1. The van der Waals surface area contributed by atoms with Crippen molar-refractivity contribution < 1.29 is 17.9 Å². The second-order valence-electron chi connectivity index (χ2n) is 2.21. The largest absolute Gasteiger partial charge is 0.415 e. The number of halogens is 3. The molecule has 0 aromatic carbocycles. The average molecular weight is 172 g/mol. The number of alkyl halides is 3. The van der Waals surface area contributed by atoms with Crippen LogP contribution in [-0.2, 0) is 4.74 Å². The topological polar surface area (TPSA) is 38.5 Å². The molecule has 68 valence electrons. The van der Waals surface area contributed by atoms with Gasteiger partial charge in [0.15, 0.2) is 6.10 Å². The Bertz CT molecular complexity index is 115. The highest BCUT2D eigenvalue weighted by molar-refractivity contribution is 4.68. The fraction of sp³-hybridized carbons (Fsp3) is 1.00. The first-order valence-corrected chi connectivity index (χ1v) is 2.93. The van der Waals surface area contributed by atoms with Gasteiger partial charge in [-0.25, -0.2) is 5.01 Å². The number of methoxy groups -OCH3 is 1. The molecule has 3 nitrogen and oxygen atoms in total. The summed E-state index contributed by atoms with van der Waals surface area (Å²) >= 11 is 0. The average Bonchev–Trinajstić information content (AvgIpc) is 1.79. The van der Waals surface area contributed by atoms with Crippen molar-refractivity contribution >= 4 is 0 Å². The number of hydrogen-bond acceptors (Lipinski definition) is 3. The normalized spacial score (nSPS) is 15.5. The Morgan fingerprint density at radius 1 is 1.55 bits per heavy atom. The standard InChI is InChI=1S/C5H11F3N2O/c1-10(9)3-4(11-2)5(6,7)8/h4H,3,9H2,1-2H3. The monoisotopic (exact) mass is 172 g/mol. The smallest absolute Gasteiger partial charge is 0.371 e. The van der Waals surface area contributed by atoms with Crippen LogP contribution >= 0.6 is 0 Å². The first-order chi connectivity index (χ1) is 4.88. The van der Waals surface area contributed by atoms with Crippen LogP contribution in [0.5, 0.6) is 0 Å². The zero-order valence-electron chi connectivity index (χ0n) is 6.35. The number of rotatable bonds is 3. The Morgan fingerprint density at radius 3 is 2.09 bits per heavy atom. The molecule has 0 aliphatic carbocycles. The summed E-state index contributed by atoms with van der Waals surface area (Å²) in [6, 6.07) is 0. The van der Waals surface area contributed by atoms with E-state index in [0.717, 1.165) is 12.1 Å². The van der Waals surface area contributed by atoms with Crippen molar-refractivity contribution in [2.45, 2.75) is 12.3 Å². The van der Waals surface area contributed by atoms with Gasteiger partial charge in [-0.2, -0.15) is 13.2 Å². The molecule has 0 spiro atoms. The zero-order valence-corrected chi connectivity index (χ0v) is 6.35. The molecule has 0 radical (unpaired) electrons. The highest BCUT2D eigenvalue weighted by Gasteiger charge is 2.40. The summed E-state index contributed by atoms with van der Waals surface area (Å²) in [4.78, 5) is 0. The molecule has 0 rings (SSSR count). The summed E-state index contributed by atoms with van der Waals surface area (Å²) in [5.74, 6) is 5.02. The van der Waals surface area contributed by atoms with Crippen LogP contribution in [0.25, 0.3) is 0 Å². The van der Waals surface area contributed by atoms with Gasteiger partial charge in [0.05, 0.1) is 0 Å². The van der Waals surface area contributed by atoms with Gasteiger partial charge in [0.1, 0.15) is 0 Å². The summed E-state index contributed by atoms with van der Waals surface area (Å²) in [6.45, 7) is -0.361.